The number of hydrogen-bond acceptors (Lipinski definition) is 7. The van der Waals surface area contributed by atoms with Crippen molar-refractivity contribution in [2.45, 2.75) is 12.5 Å². The van der Waals surface area contributed by atoms with E-state index in [1.165, 1.54) is 32.4 Å². The summed E-state index contributed by atoms with van der Waals surface area (Å²) >= 11 is 0. The van der Waals surface area contributed by atoms with Crippen molar-refractivity contribution in [3.05, 3.63) is 23.8 Å². The monoisotopic (exact) mass is 340 g/mol. The van der Waals surface area contributed by atoms with Gasteiger partial charge in [0.05, 0.1) is 20.6 Å². The van der Waals surface area contributed by atoms with Crippen molar-refractivity contribution < 1.29 is 43.9 Å². The molecule has 0 saturated heterocycles. The molecular formula is C15H16O9. The second-order valence-corrected chi connectivity index (χ2v) is 4.46. The smallest absolute Gasteiger partial charge is 0.341 e. The Morgan fingerprint density at radius 2 is 1.67 bits per heavy atom. The molecule has 130 valence electrons. The van der Waals surface area contributed by atoms with E-state index in [1.807, 2.05) is 0 Å². The number of hydrogen-bond donors (Lipinski definition) is 3. The van der Waals surface area contributed by atoms with E-state index in [-0.39, 0.29) is 17.2 Å². The van der Waals surface area contributed by atoms with Crippen molar-refractivity contribution in [2.24, 2.45) is 0 Å². The topological polar surface area (TPSA) is 140 Å². The first-order valence-electron chi connectivity index (χ1n) is 6.57. The summed E-state index contributed by atoms with van der Waals surface area (Å²) in [6, 6.07) is 2.77. The van der Waals surface area contributed by atoms with Gasteiger partial charge in [0.2, 0.25) is 5.75 Å². The summed E-state index contributed by atoms with van der Waals surface area (Å²) in [5.41, 5.74) is 0.400. The minimum Gasteiger partial charge on any atom is -0.493 e. The lowest BCUT2D eigenvalue weighted by Gasteiger charge is -2.15. The van der Waals surface area contributed by atoms with Gasteiger partial charge in [0, 0.05) is 6.08 Å². The Labute approximate surface area is 136 Å². The summed E-state index contributed by atoms with van der Waals surface area (Å²) in [4.78, 5) is 32.8. The number of carboxylic acids is 2. The van der Waals surface area contributed by atoms with Gasteiger partial charge in [-0.3, -0.25) is 4.79 Å². The highest BCUT2D eigenvalue weighted by atomic mass is 16.6. The highest BCUT2D eigenvalue weighted by molar-refractivity contribution is 5.86. The van der Waals surface area contributed by atoms with Crippen molar-refractivity contribution in [1.82, 2.24) is 0 Å². The van der Waals surface area contributed by atoms with Gasteiger partial charge in [-0.2, -0.15) is 0 Å². The SMILES string of the molecule is COc1cc(C=CC(=O)O)cc(OC)c1OC(=O)C(O)CC(=O)O. The fourth-order valence-corrected chi connectivity index (χ4v) is 1.68. The minimum atomic E-state index is -1.86. The maximum absolute atomic E-state index is 11.7. The lowest BCUT2D eigenvalue weighted by Crippen LogP contribution is -2.28. The van der Waals surface area contributed by atoms with E-state index >= 15 is 0 Å². The molecule has 9 nitrogen and oxygen atoms in total. The molecule has 0 aliphatic carbocycles. The summed E-state index contributed by atoms with van der Waals surface area (Å²) in [5, 5.41) is 26.7. The summed E-state index contributed by atoms with van der Waals surface area (Å²) < 4.78 is 15.1. The van der Waals surface area contributed by atoms with Gasteiger partial charge in [-0.15, -0.1) is 0 Å². The average Bonchev–Trinajstić information content (AvgIpc) is 2.52. The fourth-order valence-electron chi connectivity index (χ4n) is 1.68. The van der Waals surface area contributed by atoms with Crippen LogP contribution in [-0.2, 0) is 14.4 Å². The van der Waals surface area contributed by atoms with Gasteiger partial charge in [0.25, 0.3) is 0 Å². The molecule has 0 amide bonds. The summed E-state index contributed by atoms with van der Waals surface area (Å²) in [6.07, 6.45) is -0.499. The van der Waals surface area contributed by atoms with Gasteiger partial charge in [-0.05, 0) is 23.8 Å². The van der Waals surface area contributed by atoms with E-state index < -0.39 is 30.4 Å². The highest BCUT2D eigenvalue weighted by Crippen LogP contribution is 2.39. The number of aliphatic carboxylic acids is 2. The third kappa shape index (κ3) is 5.29. The van der Waals surface area contributed by atoms with Crippen molar-refractivity contribution in [2.75, 3.05) is 14.2 Å². The van der Waals surface area contributed by atoms with Crippen molar-refractivity contribution in [1.29, 1.82) is 0 Å². The molecule has 1 rings (SSSR count). The van der Waals surface area contributed by atoms with Crippen molar-refractivity contribution in [3.8, 4) is 17.2 Å². The number of esters is 1. The van der Waals surface area contributed by atoms with Gasteiger partial charge in [0.15, 0.2) is 17.6 Å². The molecule has 0 spiro atoms. The number of carboxylic acid groups (broad SMARTS) is 2. The molecule has 3 N–H and O–H groups in total. The van der Waals surface area contributed by atoms with Crippen molar-refractivity contribution >= 4 is 24.0 Å². The molecule has 0 aromatic heterocycles. The molecule has 1 unspecified atom stereocenters. The zero-order valence-electron chi connectivity index (χ0n) is 12.9. The van der Waals surface area contributed by atoms with Crippen LogP contribution >= 0.6 is 0 Å². The van der Waals surface area contributed by atoms with Crippen LogP contribution in [0.4, 0.5) is 0 Å². The predicted molar refractivity (Wildman–Crippen MR) is 80.1 cm³/mol. The second-order valence-electron chi connectivity index (χ2n) is 4.46. The van der Waals surface area contributed by atoms with E-state index in [1.54, 1.807) is 0 Å². The average molecular weight is 340 g/mol. The minimum absolute atomic E-state index is 0.0373. The second kappa shape index (κ2) is 8.53. The fraction of sp³-hybridized carbons (Fsp3) is 0.267. The largest absolute Gasteiger partial charge is 0.493 e. The number of methoxy groups -OCH3 is 2. The summed E-state index contributed by atoms with van der Waals surface area (Å²) in [6.45, 7) is 0. The molecule has 24 heavy (non-hydrogen) atoms. The van der Waals surface area contributed by atoms with E-state index in [0.717, 1.165) is 6.08 Å². The van der Waals surface area contributed by atoms with Crippen LogP contribution in [-0.4, -0.2) is 53.6 Å². The molecule has 0 fully saturated rings. The van der Waals surface area contributed by atoms with E-state index in [0.29, 0.717) is 5.56 Å². The first-order chi connectivity index (χ1) is 11.3. The zero-order chi connectivity index (χ0) is 18.3. The Hall–Kier alpha value is -3.07. The third-order valence-corrected chi connectivity index (χ3v) is 2.74. The molecule has 0 saturated carbocycles. The first kappa shape index (κ1) is 19.0. The Kier molecular flexibility index (Phi) is 6.75. The number of aliphatic hydroxyl groups excluding tert-OH is 1. The number of aliphatic hydroxyl groups is 1. The Morgan fingerprint density at radius 1 is 1.12 bits per heavy atom. The van der Waals surface area contributed by atoms with Crippen LogP contribution in [0, 0.1) is 0 Å². The molecule has 0 aliphatic rings. The van der Waals surface area contributed by atoms with Gasteiger partial charge >= 0.3 is 17.9 Å². The maximum atomic E-state index is 11.7. The molecule has 1 atom stereocenters. The van der Waals surface area contributed by atoms with Gasteiger partial charge in [-0.1, -0.05) is 0 Å². The maximum Gasteiger partial charge on any atom is 0.341 e. The molecule has 0 radical (unpaired) electrons. The van der Waals surface area contributed by atoms with Crippen LogP contribution in [0.25, 0.3) is 6.08 Å². The van der Waals surface area contributed by atoms with Crippen molar-refractivity contribution in [3.63, 3.8) is 0 Å². The third-order valence-electron chi connectivity index (χ3n) is 2.74. The molecule has 1 aromatic carbocycles. The van der Waals surface area contributed by atoms with Gasteiger partial charge < -0.3 is 29.5 Å². The van der Waals surface area contributed by atoms with Crippen LogP contribution in [0.2, 0.25) is 0 Å². The normalized spacial score (nSPS) is 11.8. The number of rotatable bonds is 8. The van der Waals surface area contributed by atoms with Gasteiger partial charge in [-0.25, -0.2) is 9.59 Å². The number of carbonyl (C=O) groups is 3. The standard InChI is InChI=1S/C15H16O9/c1-22-10-5-8(3-4-12(17)18)6-11(23-2)14(10)24-15(21)9(16)7-13(19)20/h3-6,9,16H,7H2,1-2H3,(H,17,18)(H,19,20). The molecular weight excluding hydrogens is 324 g/mol. The van der Waals surface area contributed by atoms with E-state index in [2.05, 4.69) is 0 Å². The number of carbonyl (C=O) groups excluding carboxylic acids is 1. The van der Waals surface area contributed by atoms with Crippen LogP contribution in [0.5, 0.6) is 17.2 Å². The lowest BCUT2D eigenvalue weighted by atomic mass is 10.1. The van der Waals surface area contributed by atoms with Gasteiger partial charge in [0.1, 0.15) is 0 Å². The number of ether oxygens (including phenoxy) is 3. The molecule has 0 bridgehead atoms. The molecule has 0 aliphatic heterocycles. The quantitative estimate of drug-likeness (QED) is 0.351. The van der Waals surface area contributed by atoms with Crippen LogP contribution < -0.4 is 14.2 Å². The summed E-state index contributed by atoms with van der Waals surface area (Å²) in [5.74, 6) is -3.80. The Morgan fingerprint density at radius 3 is 2.08 bits per heavy atom. The Bertz CT molecular complexity index is 638. The molecule has 0 heterocycles. The highest BCUT2D eigenvalue weighted by Gasteiger charge is 2.24. The van der Waals surface area contributed by atoms with Crippen LogP contribution in [0.3, 0.4) is 0 Å². The predicted octanol–water partition coefficient (Wildman–Crippen LogP) is 0.543. The van der Waals surface area contributed by atoms with Crippen LogP contribution in [0.15, 0.2) is 18.2 Å². The first-order valence-corrected chi connectivity index (χ1v) is 6.57. The summed E-state index contributed by atoms with van der Waals surface area (Å²) in [7, 11) is 2.56. The van der Waals surface area contributed by atoms with E-state index in [4.69, 9.17) is 24.4 Å². The molecule has 1 aromatic rings. The van der Waals surface area contributed by atoms with E-state index in [9.17, 15) is 19.5 Å². The van der Waals surface area contributed by atoms with Crippen LogP contribution in [0.1, 0.15) is 12.0 Å². The molecule has 9 heteroatoms. The Balaban J connectivity index is 3.15. The lowest BCUT2D eigenvalue weighted by molar-refractivity contribution is -0.151. The number of benzene rings is 1. The zero-order valence-corrected chi connectivity index (χ0v) is 12.9.